The van der Waals surface area contributed by atoms with E-state index in [-0.39, 0.29) is 24.0 Å². The predicted octanol–water partition coefficient (Wildman–Crippen LogP) is 3.28. The summed E-state index contributed by atoms with van der Waals surface area (Å²) >= 11 is 0. The van der Waals surface area contributed by atoms with Crippen molar-refractivity contribution in [2.75, 3.05) is 20.6 Å². The number of guanidine groups is 1. The Kier molecular flexibility index (Phi) is 8.80. The Morgan fingerprint density at radius 1 is 1.26 bits per heavy atom. The molecular formula is C15H26IN3. The van der Waals surface area contributed by atoms with Crippen molar-refractivity contribution in [1.82, 2.24) is 10.2 Å². The van der Waals surface area contributed by atoms with Gasteiger partial charge in [0.25, 0.3) is 0 Å². The molecule has 0 saturated heterocycles. The minimum absolute atomic E-state index is 0. The van der Waals surface area contributed by atoms with Gasteiger partial charge in [-0.1, -0.05) is 43.7 Å². The molecule has 19 heavy (non-hydrogen) atoms. The molecule has 0 heterocycles. The summed E-state index contributed by atoms with van der Waals surface area (Å²) in [6.07, 6.45) is 0. The molecule has 1 N–H and O–H groups in total. The zero-order valence-electron chi connectivity index (χ0n) is 12.6. The second-order valence-corrected chi connectivity index (χ2v) is 5.16. The first kappa shape index (κ1) is 18.2. The Morgan fingerprint density at radius 3 is 2.32 bits per heavy atom. The van der Waals surface area contributed by atoms with Crippen molar-refractivity contribution >= 4 is 29.9 Å². The van der Waals surface area contributed by atoms with Crippen LogP contribution < -0.4 is 5.32 Å². The Bertz CT molecular complexity index is 385. The molecule has 0 radical (unpaired) electrons. The van der Waals surface area contributed by atoms with Gasteiger partial charge in [0.2, 0.25) is 0 Å². The number of hydrogen-bond donors (Lipinski definition) is 1. The molecule has 0 spiro atoms. The first-order valence-corrected chi connectivity index (χ1v) is 6.50. The normalized spacial score (nSPS) is 11.2. The molecule has 0 atom stereocenters. The summed E-state index contributed by atoms with van der Waals surface area (Å²) in [7, 11) is 3.89. The van der Waals surface area contributed by atoms with Crippen LogP contribution in [0.15, 0.2) is 29.3 Å². The average Bonchev–Trinajstić information content (AvgIpc) is 2.32. The van der Waals surface area contributed by atoms with Crippen LogP contribution >= 0.6 is 24.0 Å². The summed E-state index contributed by atoms with van der Waals surface area (Å²) in [5.74, 6) is 1.57. The number of benzene rings is 1. The third-order valence-electron chi connectivity index (χ3n) is 2.78. The van der Waals surface area contributed by atoms with Crippen LogP contribution in [0.5, 0.6) is 0 Å². The van der Waals surface area contributed by atoms with E-state index in [1.807, 2.05) is 7.05 Å². The molecule has 0 fully saturated rings. The molecule has 4 heteroatoms. The minimum atomic E-state index is 0. The predicted molar refractivity (Wildman–Crippen MR) is 94.3 cm³/mol. The molecule has 0 unspecified atom stereocenters. The second-order valence-electron chi connectivity index (χ2n) is 5.16. The largest absolute Gasteiger partial charge is 0.356 e. The Hall–Kier alpha value is -0.780. The van der Waals surface area contributed by atoms with Crippen LogP contribution in [-0.4, -0.2) is 31.5 Å². The Morgan fingerprint density at radius 2 is 1.84 bits per heavy atom. The van der Waals surface area contributed by atoms with Crippen molar-refractivity contribution in [3.05, 3.63) is 35.4 Å². The van der Waals surface area contributed by atoms with Gasteiger partial charge in [-0.15, -0.1) is 24.0 Å². The van der Waals surface area contributed by atoms with E-state index in [2.05, 4.69) is 67.3 Å². The fourth-order valence-electron chi connectivity index (χ4n) is 1.72. The summed E-state index contributed by atoms with van der Waals surface area (Å²) in [4.78, 5) is 6.45. The lowest BCUT2D eigenvalue weighted by atomic mass is 10.1. The second kappa shape index (κ2) is 9.18. The summed E-state index contributed by atoms with van der Waals surface area (Å²) in [6, 6.07) is 8.63. The molecule has 0 aliphatic heterocycles. The zero-order chi connectivity index (χ0) is 13.5. The highest BCUT2D eigenvalue weighted by Gasteiger charge is 2.06. The van der Waals surface area contributed by atoms with E-state index in [1.54, 1.807) is 0 Å². The highest BCUT2D eigenvalue weighted by atomic mass is 127. The van der Waals surface area contributed by atoms with E-state index in [4.69, 9.17) is 0 Å². The van der Waals surface area contributed by atoms with E-state index >= 15 is 0 Å². The quantitative estimate of drug-likeness (QED) is 0.497. The number of aliphatic imine (C=N–C) groups is 1. The maximum Gasteiger partial charge on any atom is 0.193 e. The molecular weight excluding hydrogens is 349 g/mol. The van der Waals surface area contributed by atoms with Gasteiger partial charge in [0.1, 0.15) is 0 Å². The Labute approximate surface area is 134 Å². The lowest BCUT2D eigenvalue weighted by Crippen LogP contribution is -2.40. The van der Waals surface area contributed by atoms with Crippen molar-refractivity contribution in [2.24, 2.45) is 10.9 Å². The molecule has 0 aromatic heterocycles. The molecule has 0 aliphatic rings. The van der Waals surface area contributed by atoms with Crippen molar-refractivity contribution < 1.29 is 0 Å². The molecule has 1 aromatic rings. The maximum absolute atomic E-state index is 4.31. The SMILES string of the molecule is CN=C(NCC(C)C)N(C)Cc1ccc(C)cc1.I. The minimum Gasteiger partial charge on any atom is -0.356 e. The molecule has 108 valence electrons. The molecule has 0 saturated carbocycles. The molecule has 0 bridgehead atoms. The first-order chi connectivity index (χ1) is 8.52. The van der Waals surface area contributed by atoms with Gasteiger partial charge in [0, 0.05) is 27.2 Å². The fourth-order valence-corrected chi connectivity index (χ4v) is 1.72. The van der Waals surface area contributed by atoms with Crippen LogP contribution in [0.3, 0.4) is 0 Å². The number of hydrogen-bond acceptors (Lipinski definition) is 1. The first-order valence-electron chi connectivity index (χ1n) is 6.50. The molecule has 0 amide bonds. The van der Waals surface area contributed by atoms with E-state index < -0.39 is 0 Å². The maximum atomic E-state index is 4.31. The van der Waals surface area contributed by atoms with E-state index in [1.165, 1.54) is 11.1 Å². The Balaban J connectivity index is 0.00000324. The van der Waals surface area contributed by atoms with Crippen molar-refractivity contribution in [3.63, 3.8) is 0 Å². The summed E-state index contributed by atoms with van der Waals surface area (Å²) in [6.45, 7) is 8.32. The van der Waals surface area contributed by atoms with Gasteiger partial charge in [-0.3, -0.25) is 4.99 Å². The van der Waals surface area contributed by atoms with Crippen LogP contribution in [-0.2, 0) is 6.54 Å². The lowest BCUT2D eigenvalue weighted by molar-refractivity contribution is 0.468. The number of nitrogens with zero attached hydrogens (tertiary/aromatic N) is 2. The van der Waals surface area contributed by atoms with Crippen LogP contribution in [0.4, 0.5) is 0 Å². The monoisotopic (exact) mass is 375 g/mol. The van der Waals surface area contributed by atoms with Gasteiger partial charge < -0.3 is 10.2 Å². The summed E-state index contributed by atoms with van der Waals surface area (Å²) in [5.41, 5.74) is 2.60. The highest BCUT2D eigenvalue weighted by molar-refractivity contribution is 14.0. The van der Waals surface area contributed by atoms with Gasteiger partial charge >= 0.3 is 0 Å². The van der Waals surface area contributed by atoms with E-state index in [0.717, 1.165) is 19.0 Å². The standard InChI is InChI=1S/C15H25N3.HI/c1-12(2)10-17-15(16-4)18(5)11-14-8-6-13(3)7-9-14;/h6-9,12H,10-11H2,1-5H3,(H,16,17);1H. The van der Waals surface area contributed by atoms with Crippen molar-refractivity contribution in [3.8, 4) is 0 Å². The zero-order valence-corrected chi connectivity index (χ0v) is 14.9. The van der Waals surface area contributed by atoms with Crippen molar-refractivity contribution in [2.45, 2.75) is 27.3 Å². The van der Waals surface area contributed by atoms with Gasteiger partial charge in [-0.2, -0.15) is 0 Å². The third kappa shape index (κ3) is 6.80. The molecule has 1 rings (SSSR count). The fraction of sp³-hybridized carbons (Fsp3) is 0.533. The lowest BCUT2D eigenvalue weighted by Gasteiger charge is -2.23. The van der Waals surface area contributed by atoms with Crippen LogP contribution in [0.1, 0.15) is 25.0 Å². The molecule has 3 nitrogen and oxygen atoms in total. The number of nitrogens with one attached hydrogen (secondary N) is 1. The third-order valence-corrected chi connectivity index (χ3v) is 2.78. The summed E-state index contributed by atoms with van der Waals surface area (Å²) < 4.78 is 0. The van der Waals surface area contributed by atoms with Gasteiger partial charge in [0.05, 0.1) is 0 Å². The average molecular weight is 375 g/mol. The smallest absolute Gasteiger partial charge is 0.193 e. The number of aryl methyl sites for hydroxylation is 1. The van der Waals surface area contributed by atoms with Gasteiger partial charge in [-0.25, -0.2) is 0 Å². The van der Waals surface area contributed by atoms with Gasteiger partial charge in [0.15, 0.2) is 5.96 Å². The van der Waals surface area contributed by atoms with Crippen LogP contribution in [0, 0.1) is 12.8 Å². The molecule has 1 aromatic carbocycles. The van der Waals surface area contributed by atoms with Crippen LogP contribution in [0.2, 0.25) is 0 Å². The summed E-state index contributed by atoms with van der Waals surface area (Å²) in [5, 5.41) is 3.38. The molecule has 0 aliphatic carbocycles. The van der Waals surface area contributed by atoms with Gasteiger partial charge in [-0.05, 0) is 18.4 Å². The topological polar surface area (TPSA) is 27.6 Å². The highest BCUT2D eigenvalue weighted by Crippen LogP contribution is 2.06. The van der Waals surface area contributed by atoms with E-state index in [0.29, 0.717) is 5.92 Å². The number of halogens is 1. The van der Waals surface area contributed by atoms with E-state index in [9.17, 15) is 0 Å². The van der Waals surface area contributed by atoms with Crippen molar-refractivity contribution in [1.29, 1.82) is 0 Å². The van der Waals surface area contributed by atoms with Crippen LogP contribution in [0.25, 0.3) is 0 Å². The number of rotatable bonds is 4.